The number of amides is 1. The molecule has 1 fully saturated rings. The van der Waals surface area contributed by atoms with Crippen LogP contribution in [-0.4, -0.2) is 48.0 Å². The minimum Gasteiger partial charge on any atom is -0.462 e. The predicted molar refractivity (Wildman–Crippen MR) is 95.8 cm³/mol. The van der Waals surface area contributed by atoms with Crippen LogP contribution in [0.4, 0.5) is 13.2 Å². The van der Waals surface area contributed by atoms with Crippen LogP contribution in [0.2, 0.25) is 0 Å². The molecule has 0 aliphatic carbocycles. The van der Waals surface area contributed by atoms with Crippen LogP contribution in [0.1, 0.15) is 39.8 Å². The highest BCUT2D eigenvalue weighted by Crippen LogP contribution is 2.34. The van der Waals surface area contributed by atoms with Crippen molar-refractivity contribution in [3.63, 3.8) is 0 Å². The monoisotopic (exact) mass is 411 g/mol. The van der Waals surface area contributed by atoms with Crippen LogP contribution in [0.15, 0.2) is 30.5 Å². The van der Waals surface area contributed by atoms with Crippen LogP contribution >= 0.6 is 0 Å². The third-order valence-electron chi connectivity index (χ3n) is 4.48. The standard InChI is InChI=1S/C19H20F3N3O4/c1-2-29-18(27)15-10-24-25(16(15)19(20,21)22)14-5-3-13(4-6-14)17(26)23-9-12-7-8-28-11-12/h3-6,10,12H,2,7-9,11H2,1H3,(H,23,26)/t12-/m0/s1. The average Bonchev–Trinajstić information content (AvgIpc) is 3.36. The average molecular weight is 411 g/mol. The molecule has 1 N–H and O–H groups in total. The summed E-state index contributed by atoms with van der Waals surface area (Å²) in [5, 5.41) is 6.49. The number of hydrogen-bond acceptors (Lipinski definition) is 5. The van der Waals surface area contributed by atoms with Gasteiger partial charge in [-0.1, -0.05) is 0 Å². The Morgan fingerprint density at radius 3 is 2.62 bits per heavy atom. The molecule has 1 atom stereocenters. The molecule has 1 aliphatic rings. The van der Waals surface area contributed by atoms with Gasteiger partial charge in [-0.05, 0) is 37.6 Å². The van der Waals surface area contributed by atoms with Crippen LogP contribution in [0.5, 0.6) is 0 Å². The summed E-state index contributed by atoms with van der Waals surface area (Å²) in [7, 11) is 0. The Morgan fingerprint density at radius 1 is 1.31 bits per heavy atom. The lowest BCUT2D eigenvalue weighted by Gasteiger charge is -2.13. The van der Waals surface area contributed by atoms with E-state index in [4.69, 9.17) is 4.74 Å². The second-order valence-corrected chi connectivity index (χ2v) is 6.52. The van der Waals surface area contributed by atoms with Gasteiger partial charge >= 0.3 is 12.1 Å². The molecule has 0 radical (unpaired) electrons. The Kier molecular flexibility index (Phi) is 6.21. The van der Waals surface area contributed by atoms with Crippen LogP contribution < -0.4 is 5.32 Å². The zero-order chi connectivity index (χ0) is 21.0. The van der Waals surface area contributed by atoms with Gasteiger partial charge in [0.1, 0.15) is 5.56 Å². The number of rotatable bonds is 6. The Bertz CT molecular complexity index is 872. The summed E-state index contributed by atoms with van der Waals surface area (Å²) in [6.07, 6.45) is -3.12. The topological polar surface area (TPSA) is 82.5 Å². The van der Waals surface area contributed by atoms with Crippen LogP contribution in [0, 0.1) is 5.92 Å². The molecule has 3 rings (SSSR count). The van der Waals surface area contributed by atoms with Gasteiger partial charge in [0.2, 0.25) is 0 Å². The molecule has 0 unspecified atom stereocenters. The molecule has 2 heterocycles. The van der Waals surface area contributed by atoms with E-state index in [0.717, 1.165) is 12.6 Å². The van der Waals surface area contributed by atoms with Crippen molar-refractivity contribution < 1.29 is 32.2 Å². The fourth-order valence-electron chi connectivity index (χ4n) is 3.01. The summed E-state index contributed by atoms with van der Waals surface area (Å²) in [6.45, 7) is 3.19. The van der Waals surface area contributed by atoms with Crippen molar-refractivity contribution in [2.75, 3.05) is 26.4 Å². The fourth-order valence-corrected chi connectivity index (χ4v) is 3.01. The first-order valence-corrected chi connectivity index (χ1v) is 9.10. The van der Waals surface area contributed by atoms with Gasteiger partial charge in [-0.25, -0.2) is 9.48 Å². The number of halogens is 3. The van der Waals surface area contributed by atoms with Crippen LogP contribution in [-0.2, 0) is 15.7 Å². The number of hydrogen-bond donors (Lipinski definition) is 1. The van der Waals surface area contributed by atoms with E-state index < -0.39 is 23.4 Å². The van der Waals surface area contributed by atoms with Crippen molar-refractivity contribution in [2.45, 2.75) is 19.5 Å². The molecule has 0 bridgehead atoms. The van der Waals surface area contributed by atoms with Crippen LogP contribution in [0.3, 0.4) is 0 Å². The third-order valence-corrected chi connectivity index (χ3v) is 4.48. The summed E-state index contributed by atoms with van der Waals surface area (Å²) in [5.74, 6) is -1.16. The van der Waals surface area contributed by atoms with Gasteiger partial charge in [0.25, 0.3) is 5.91 Å². The van der Waals surface area contributed by atoms with Gasteiger partial charge in [0.05, 0.1) is 25.1 Å². The van der Waals surface area contributed by atoms with Crippen molar-refractivity contribution >= 4 is 11.9 Å². The van der Waals surface area contributed by atoms with E-state index in [1.54, 1.807) is 0 Å². The lowest BCUT2D eigenvalue weighted by molar-refractivity contribution is -0.143. The lowest BCUT2D eigenvalue weighted by atomic mass is 10.1. The van der Waals surface area contributed by atoms with E-state index in [1.807, 2.05) is 0 Å². The predicted octanol–water partition coefficient (Wildman–Crippen LogP) is 2.83. The second-order valence-electron chi connectivity index (χ2n) is 6.52. The molecule has 2 aromatic rings. The van der Waals surface area contributed by atoms with Gasteiger partial charge in [-0.3, -0.25) is 4.79 Å². The maximum Gasteiger partial charge on any atom is 0.434 e. The number of carbonyl (C=O) groups is 2. The maximum atomic E-state index is 13.5. The molecule has 29 heavy (non-hydrogen) atoms. The van der Waals surface area contributed by atoms with Gasteiger partial charge < -0.3 is 14.8 Å². The second kappa shape index (κ2) is 8.64. The van der Waals surface area contributed by atoms with Crippen molar-refractivity contribution in [2.24, 2.45) is 5.92 Å². The lowest BCUT2D eigenvalue weighted by Crippen LogP contribution is -2.29. The number of alkyl halides is 3. The Labute approximate surface area is 164 Å². The number of ether oxygens (including phenoxy) is 2. The largest absolute Gasteiger partial charge is 0.462 e. The molecule has 1 aliphatic heterocycles. The summed E-state index contributed by atoms with van der Waals surface area (Å²) in [4.78, 5) is 24.1. The Morgan fingerprint density at radius 2 is 2.03 bits per heavy atom. The zero-order valence-electron chi connectivity index (χ0n) is 15.7. The normalized spacial score (nSPS) is 16.6. The highest BCUT2D eigenvalue weighted by atomic mass is 19.4. The number of nitrogens with one attached hydrogen (secondary N) is 1. The number of esters is 1. The van der Waals surface area contributed by atoms with Gasteiger partial charge in [-0.2, -0.15) is 18.3 Å². The summed E-state index contributed by atoms with van der Waals surface area (Å²) >= 11 is 0. The quantitative estimate of drug-likeness (QED) is 0.740. The van der Waals surface area contributed by atoms with Crippen molar-refractivity contribution in [3.05, 3.63) is 47.3 Å². The molecule has 1 saturated heterocycles. The Balaban J connectivity index is 1.80. The smallest absolute Gasteiger partial charge is 0.434 e. The Hall–Kier alpha value is -2.88. The molecular formula is C19H20F3N3O4. The molecule has 10 heteroatoms. The molecule has 1 aromatic heterocycles. The summed E-state index contributed by atoms with van der Waals surface area (Å²) in [6, 6.07) is 5.49. The first-order chi connectivity index (χ1) is 13.8. The summed E-state index contributed by atoms with van der Waals surface area (Å²) in [5.41, 5.74) is -1.53. The number of benzene rings is 1. The van der Waals surface area contributed by atoms with E-state index in [-0.39, 0.29) is 24.1 Å². The van der Waals surface area contributed by atoms with E-state index in [0.29, 0.717) is 30.0 Å². The van der Waals surface area contributed by atoms with Crippen molar-refractivity contribution in [1.82, 2.24) is 15.1 Å². The molecule has 7 nitrogen and oxygen atoms in total. The van der Waals surface area contributed by atoms with Crippen LogP contribution in [0.25, 0.3) is 5.69 Å². The molecule has 1 amide bonds. The molecule has 0 spiro atoms. The highest BCUT2D eigenvalue weighted by molar-refractivity contribution is 5.94. The number of carbonyl (C=O) groups excluding carboxylic acids is 2. The van der Waals surface area contributed by atoms with E-state index >= 15 is 0 Å². The third kappa shape index (κ3) is 4.76. The van der Waals surface area contributed by atoms with E-state index in [2.05, 4.69) is 15.2 Å². The minimum absolute atomic E-state index is 0.0574. The minimum atomic E-state index is -4.82. The van der Waals surface area contributed by atoms with Gasteiger partial charge in [0, 0.05) is 24.6 Å². The first kappa shape index (κ1) is 20.8. The van der Waals surface area contributed by atoms with Gasteiger partial charge in [-0.15, -0.1) is 0 Å². The van der Waals surface area contributed by atoms with Gasteiger partial charge in [0.15, 0.2) is 5.69 Å². The van der Waals surface area contributed by atoms with E-state index in [1.165, 1.54) is 31.2 Å². The number of nitrogens with zero attached hydrogens (tertiary/aromatic N) is 2. The highest BCUT2D eigenvalue weighted by Gasteiger charge is 2.41. The fraction of sp³-hybridized carbons (Fsp3) is 0.421. The first-order valence-electron chi connectivity index (χ1n) is 9.10. The summed E-state index contributed by atoms with van der Waals surface area (Å²) < 4.78 is 51.2. The molecule has 156 valence electrons. The molecule has 0 saturated carbocycles. The maximum absolute atomic E-state index is 13.5. The van der Waals surface area contributed by atoms with E-state index in [9.17, 15) is 22.8 Å². The van der Waals surface area contributed by atoms with Crippen molar-refractivity contribution in [3.8, 4) is 5.69 Å². The molecule has 1 aromatic carbocycles. The zero-order valence-corrected chi connectivity index (χ0v) is 15.7. The number of aromatic nitrogens is 2. The van der Waals surface area contributed by atoms with Crippen molar-refractivity contribution in [1.29, 1.82) is 0 Å². The SMILES string of the molecule is CCOC(=O)c1cnn(-c2ccc(C(=O)NC[C@@H]3CCOC3)cc2)c1C(F)(F)F. The molecular weight excluding hydrogens is 391 g/mol.